The summed E-state index contributed by atoms with van der Waals surface area (Å²) >= 11 is 0. The number of hydrogen-bond acceptors (Lipinski definition) is 3. The van der Waals surface area contributed by atoms with Gasteiger partial charge in [0.2, 0.25) is 5.91 Å². The zero-order chi connectivity index (χ0) is 12.0. The summed E-state index contributed by atoms with van der Waals surface area (Å²) in [4.78, 5) is 14.0. The molecule has 4 nitrogen and oxygen atoms in total. The third-order valence-corrected chi connectivity index (χ3v) is 3.92. The Balaban J connectivity index is 1.86. The van der Waals surface area contributed by atoms with Gasteiger partial charge in [0.15, 0.2) is 0 Å². The number of methoxy groups -OCH3 is 1. The molecule has 1 aromatic rings. The van der Waals surface area contributed by atoms with E-state index in [4.69, 9.17) is 10.5 Å². The van der Waals surface area contributed by atoms with Crippen molar-refractivity contribution in [2.24, 2.45) is 23.5 Å². The van der Waals surface area contributed by atoms with E-state index in [0.29, 0.717) is 18.4 Å². The van der Waals surface area contributed by atoms with Crippen molar-refractivity contribution >= 4 is 11.6 Å². The van der Waals surface area contributed by atoms with E-state index >= 15 is 0 Å². The lowest BCUT2D eigenvalue weighted by molar-refractivity contribution is -0.119. The first-order valence-corrected chi connectivity index (χ1v) is 5.92. The molecule has 3 rings (SSSR count). The Morgan fingerprint density at radius 2 is 2.24 bits per heavy atom. The van der Waals surface area contributed by atoms with Crippen LogP contribution in [0.3, 0.4) is 0 Å². The van der Waals surface area contributed by atoms with Crippen LogP contribution in [0.2, 0.25) is 0 Å². The van der Waals surface area contributed by atoms with Gasteiger partial charge in [0.25, 0.3) is 0 Å². The Morgan fingerprint density at radius 1 is 1.47 bits per heavy atom. The van der Waals surface area contributed by atoms with Gasteiger partial charge in [0.1, 0.15) is 5.75 Å². The quantitative estimate of drug-likeness (QED) is 0.841. The maximum Gasteiger partial charge on any atom is 0.230 e. The van der Waals surface area contributed by atoms with Crippen LogP contribution in [0.25, 0.3) is 0 Å². The minimum Gasteiger partial charge on any atom is -0.495 e. The first kappa shape index (κ1) is 10.6. The van der Waals surface area contributed by atoms with E-state index in [2.05, 4.69) is 0 Å². The van der Waals surface area contributed by atoms with Crippen molar-refractivity contribution in [1.82, 2.24) is 0 Å². The highest BCUT2D eigenvalue weighted by Crippen LogP contribution is 2.53. The van der Waals surface area contributed by atoms with Crippen LogP contribution in [-0.2, 0) is 4.79 Å². The van der Waals surface area contributed by atoms with Gasteiger partial charge < -0.3 is 15.4 Å². The highest BCUT2D eigenvalue weighted by molar-refractivity contribution is 6.01. The molecule has 0 bridgehead atoms. The molecule has 1 aliphatic heterocycles. The Bertz CT molecular complexity index is 460. The van der Waals surface area contributed by atoms with E-state index < -0.39 is 0 Å². The van der Waals surface area contributed by atoms with Crippen LogP contribution in [-0.4, -0.2) is 26.1 Å². The normalized spacial score (nSPS) is 30.4. The topological polar surface area (TPSA) is 55.6 Å². The lowest BCUT2D eigenvalue weighted by Gasteiger charge is -2.21. The molecule has 1 saturated heterocycles. The molecule has 1 saturated carbocycles. The monoisotopic (exact) mass is 232 g/mol. The molecule has 2 fully saturated rings. The van der Waals surface area contributed by atoms with E-state index in [1.54, 1.807) is 7.11 Å². The number of nitrogens with zero attached hydrogens (tertiary/aromatic N) is 1. The number of fused-ring (bicyclic) bond motifs is 1. The van der Waals surface area contributed by atoms with Crippen molar-refractivity contribution in [1.29, 1.82) is 0 Å². The van der Waals surface area contributed by atoms with Crippen LogP contribution in [0.5, 0.6) is 5.75 Å². The van der Waals surface area contributed by atoms with Crippen LogP contribution in [0.1, 0.15) is 0 Å². The van der Waals surface area contributed by atoms with Crippen LogP contribution < -0.4 is 15.4 Å². The highest BCUT2D eigenvalue weighted by Gasteiger charge is 2.61. The van der Waals surface area contributed by atoms with Crippen molar-refractivity contribution in [2.75, 3.05) is 25.1 Å². The molecule has 3 atom stereocenters. The van der Waals surface area contributed by atoms with Crippen LogP contribution in [0.4, 0.5) is 5.69 Å². The second kappa shape index (κ2) is 3.74. The Kier molecular flexibility index (Phi) is 2.33. The van der Waals surface area contributed by atoms with Crippen LogP contribution >= 0.6 is 0 Å². The molecule has 4 heteroatoms. The average molecular weight is 232 g/mol. The van der Waals surface area contributed by atoms with Crippen LogP contribution in [0.15, 0.2) is 24.3 Å². The van der Waals surface area contributed by atoms with Gasteiger partial charge in [0, 0.05) is 12.5 Å². The lowest BCUT2D eigenvalue weighted by atomic mass is 10.2. The lowest BCUT2D eigenvalue weighted by Crippen LogP contribution is -2.31. The predicted octanol–water partition coefficient (Wildman–Crippen LogP) is 0.863. The molecule has 1 aromatic carbocycles. The summed E-state index contributed by atoms with van der Waals surface area (Å²) in [7, 11) is 1.63. The second-order valence-electron chi connectivity index (χ2n) is 4.71. The third kappa shape index (κ3) is 1.44. The fourth-order valence-electron chi connectivity index (χ4n) is 2.93. The fraction of sp³-hybridized carbons (Fsp3) is 0.462. The molecule has 0 aromatic heterocycles. The molecular weight excluding hydrogens is 216 g/mol. The third-order valence-electron chi connectivity index (χ3n) is 3.92. The molecule has 1 amide bonds. The summed E-state index contributed by atoms with van der Waals surface area (Å²) in [5.41, 5.74) is 6.51. The van der Waals surface area contributed by atoms with Gasteiger partial charge >= 0.3 is 0 Å². The zero-order valence-electron chi connectivity index (χ0n) is 9.80. The molecule has 2 N–H and O–H groups in total. The minimum atomic E-state index is 0.157. The maximum absolute atomic E-state index is 12.2. The number of piperidine rings is 1. The number of para-hydroxylation sites is 2. The molecule has 3 unspecified atom stereocenters. The highest BCUT2D eigenvalue weighted by atomic mass is 16.5. The Hall–Kier alpha value is -1.55. The molecule has 17 heavy (non-hydrogen) atoms. The van der Waals surface area contributed by atoms with Gasteiger partial charge in [-0.2, -0.15) is 0 Å². The summed E-state index contributed by atoms with van der Waals surface area (Å²) < 4.78 is 5.29. The Morgan fingerprint density at radius 3 is 2.82 bits per heavy atom. The largest absolute Gasteiger partial charge is 0.495 e. The van der Waals surface area contributed by atoms with E-state index in [0.717, 1.165) is 18.0 Å². The van der Waals surface area contributed by atoms with Crippen molar-refractivity contribution in [3.63, 3.8) is 0 Å². The standard InChI is InChI=1S/C13H16N2O2/c1-17-11-5-3-2-4-10(11)15-7-9-8(6-14)12(9)13(15)16/h2-5,8-9,12H,6-7,14H2,1H3. The van der Waals surface area contributed by atoms with Crippen molar-refractivity contribution in [3.8, 4) is 5.75 Å². The minimum absolute atomic E-state index is 0.157. The zero-order valence-corrected chi connectivity index (χ0v) is 9.80. The Labute approximate surface area is 100 Å². The van der Waals surface area contributed by atoms with Crippen LogP contribution in [0, 0.1) is 17.8 Å². The molecular formula is C13H16N2O2. The maximum atomic E-state index is 12.2. The van der Waals surface area contributed by atoms with E-state index in [9.17, 15) is 4.79 Å². The smallest absolute Gasteiger partial charge is 0.230 e. The summed E-state index contributed by atoms with van der Waals surface area (Å²) in [5.74, 6) is 1.98. The molecule has 1 heterocycles. The van der Waals surface area contributed by atoms with E-state index in [1.807, 2.05) is 29.2 Å². The van der Waals surface area contributed by atoms with E-state index in [1.165, 1.54) is 0 Å². The number of benzene rings is 1. The molecule has 2 aliphatic rings. The number of nitrogens with two attached hydrogens (primary N) is 1. The van der Waals surface area contributed by atoms with Gasteiger partial charge in [-0.25, -0.2) is 0 Å². The molecule has 90 valence electrons. The number of ether oxygens (including phenoxy) is 1. The summed E-state index contributed by atoms with van der Waals surface area (Å²) in [5, 5.41) is 0. The van der Waals surface area contributed by atoms with Gasteiger partial charge in [-0.1, -0.05) is 12.1 Å². The van der Waals surface area contributed by atoms with Gasteiger partial charge in [0.05, 0.1) is 12.8 Å². The number of rotatable bonds is 3. The first-order chi connectivity index (χ1) is 8.27. The molecule has 0 spiro atoms. The van der Waals surface area contributed by atoms with Gasteiger partial charge in [-0.3, -0.25) is 4.79 Å². The molecule has 0 radical (unpaired) electrons. The van der Waals surface area contributed by atoms with Crippen molar-refractivity contribution in [3.05, 3.63) is 24.3 Å². The van der Waals surface area contributed by atoms with E-state index in [-0.39, 0.29) is 11.8 Å². The van der Waals surface area contributed by atoms with Gasteiger partial charge in [-0.15, -0.1) is 0 Å². The van der Waals surface area contributed by atoms with Gasteiger partial charge in [-0.05, 0) is 30.5 Å². The predicted molar refractivity (Wildman–Crippen MR) is 64.9 cm³/mol. The number of carbonyl (C=O) groups is 1. The summed E-state index contributed by atoms with van der Waals surface area (Å²) in [6, 6.07) is 7.65. The number of anilines is 1. The SMILES string of the molecule is COc1ccccc1N1CC2C(CN)C2C1=O. The number of carbonyl (C=O) groups excluding carboxylic acids is 1. The fourth-order valence-corrected chi connectivity index (χ4v) is 2.93. The van der Waals surface area contributed by atoms with Crippen molar-refractivity contribution in [2.45, 2.75) is 0 Å². The average Bonchev–Trinajstić information content (AvgIpc) is 2.98. The summed E-state index contributed by atoms with van der Waals surface area (Å²) in [6.45, 7) is 1.41. The molecule has 1 aliphatic carbocycles. The number of amides is 1. The number of hydrogen-bond donors (Lipinski definition) is 1. The summed E-state index contributed by atoms with van der Waals surface area (Å²) in [6.07, 6.45) is 0. The first-order valence-electron chi connectivity index (χ1n) is 5.92. The van der Waals surface area contributed by atoms with Crippen molar-refractivity contribution < 1.29 is 9.53 Å². The second-order valence-corrected chi connectivity index (χ2v) is 4.71.